The molecule has 0 spiro atoms. The van der Waals surface area contributed by atoms with Crippen LogP contribution in [-0.2, 0) is 16.1 Å². The summed E-state index contributed by atoms with van der Waals surface area (Å²) in [6.07, 6.45) is 6.48. The quantitative estimate of drug-likeness (QED) is 0.829. The van der Waals surface area contributed by atoms with Crippen molar-refractivity contribution >= 4 is 11.8 Å². The molecule has 1 aromatic heterocycles. The van der Waals surface area contributed by atoms with Crippen molar-refractivity contribution in [2.24, 2.45) is 0 Å². The first-order valence-electron chi connectivity index (χ1n) is 8.06. The van der Waals surface area contributed by atoms with Gasteiger partial charge in [0.05, 0.1) is 0 Å². The number of rotatable bonds is 6. The molecule has 2 aromatic rings. The first kappa shape index (κ1) is 15.5. The molecule has 5 heteroatoms. The zero-order valence-electron chi connectivity index (χ0n) is 13.1. The summed E-state index contributed by atoms with van der Waals surface area (Å²) >= 11 is 0. The number of benzene rings is 1. The highest BCUT2D eigenvalue weighted by Crippen LogP contribution is 2.33. The van der Waals surface area contributed by atoms with Gasteiger partial charge in [-0.2, -0.15) is 0 Å². The number of nitrogens with zero attached hydrogens (tertiary/aromatic N) is 2. The van der Waals surface area contributed by atoms with E-state index in [0.717, 1.165) is 11.3 Å². The summed E-state index contributed by atoms with van der Waals surface area (Å²) in [5.41, 5.74) is 2.05. The van der Waals surface area contributed by atoms with Crippen LogP contribution in [0.3, 0.4) is 0 Å². The summed E-state index contributed by atoms with van der Waals surface area (Å²) in [7, 11) is 0. The molecule has 1 aliphatic rings. The molecule has 1 N–H and O–H groups in total. The molecule has 5 nitrogen and oxygen atoms in total. The summed E-state index contributed by atoms with van der Waals surface area (Å²) in [6, 6.07) is 11.6. The summed E-state index contributed by atoms with van der Waals surface area (Å²) in [5.74, 6) is 0.914. The van der Waals surface area contributed by atoms with E-state index < -0.39 is 0 Å². The van der Waals surface area contributed by atoms with Crippen molar-refractivity contribution in [1.29, 1.82) is 0 Å². The van der Waals surface area contributed by atoms with Gasteiger partial charge >= 0.3 is 5.97 Å². The third kappa shape index (κ3) is 4.52. The maximum Gasteiger partial charge on any atom is 0.325 e. The number of hydrogen-bond donors (Lipinski definition) is 1. The van der Waals surface area contributed by atoms with E-state index in [1.165, 1.54) is 25.7 Å². The molecule has 0 aliphatic heterocycles. The fourth-order valence-corrected chi connectivity index (χ4v) is 2.87. The largest absolute Gasteiger partial charge is 0.460 e. The predicted octanol–water partition coefficient (Wildman–Crippen LogP) is 3.29. The van der Waals surface area contributed by atoms with Crippen LogP contribution in [0.2, 0.25) is 0 Å². The highest BCUT2D eigenvalue weighted by atomic mass is 16.5. The van der Waals surface area contributed by atoms with E-state index in [9.17, 15) is 4.79 Å². The number of anilines is 1. The second-order valence-corrected chi connectivity index (χ2v) is 5.81. The Kier molecular flexibility index (Phi) is 5.19. The zero-order chi connectivity index (χ0) is 15.9. The molecule has 0 bridgehead atoms. The van der Waals surface area contributed by atoms with E-state index >= 15 is 0 Å². The Morgan fingerprint density at radius 2 is 1.96 bits per heavy atom. The van der Waals surface area contributed by atoms with Crippen LogP contribution < -0.4 is 5.32 Å². The van der Waals surface area contributed by atoms with Gasteiger partial charge in [0.15, 0.2) is 0 Å². The highest BCUT2D eigenvalue weighted by molar-refractivity contribution is 5.74. The molecular weight excluding hydrogens is 290 g/mol. The van der Waals surface area contributed by atoms with E-state index in [-0.39, 0.29) is 12.5 Å². The molecule has 0 unspecified atom stereocenters. The monoisotopic (exact) mass is 311 g/mol. The Labute approximate surface area is 136 Å². The lowest BCUT2D eigenvalue weighted by Gasteiger charge is -2.10. The predicted molar refractivity (Wildman–Crippen MR) is 88.0 cm³/mol. The molecule has 0 radical (unpaired) electrons. The molecule has 0 amide bonds. The average molecular weight is 311 g/mol. The van der Waals surface area contributed by atoms with Crippen molar-refractivity contribution in [2.45, 2.75) is 38.2 Å². The van der Waals surface area contributed by atoms with E-state index in [1.807, 2.05) is 36.4 Å². The summed E-state index contributed by atoms with van der Waals surface area (Å²) in [4.78, 5) is 20.3. The molecule has 1 aromatic carbocycles. The van der Waals surface area contributed by atoms with Crippen LogP contribution in [0.25, 0.3) is 0 Å². The van der Waals surface area contributed by atoms with Gasteiger partial charge in [-0.3, -0.25) is 4.79 Å². The van der Waals surface area contributed by atoms with Gasteiger partial charge in [0.1, 0.15) is 25.3 Å². The number of esters is 1. The van der Waals surface area contributed by atoms with E-state index in [0.29, 0.717) is 18.3 Å². The lowest BCUT2D eigenvalue weighted by atomic mass is 10.0. The molecule has 1 saturated carbocycles. The van der Waals surface area contributed by atoms with Gasteiger partial charge in [-0.05, 0) is 18.4 Å². The minimum Gasteiger partial charge on any atom is -0.460 e. The first-order valence-corrected chi connectivity index (χ1v) is 8.06. The third-order valence-corrected chi connectivity index (χ3v) is 4.12. The third-order valence-electron chi connectivity index (χ3n) is 4.12. The first-order chi connectivity index (χ1) is 11.3. The van der Waals surface area contributed by atoms with Gasteiger partial charge in [0, 0.05) is 17.7 Å². The van der Waals surface area contributed by atoms with Crippen LogP contribution in [-0.4, -0.2) is 22.5 Å². The zero-order valence-corrected chi connectivity index (χ0v) is 13.1. The number of nitrogens with one attached hydrogen (secondary N) is 1. The molecule has 1 fully saturated rings. The Hall–Kier alpha value is -2.43. The van der Waals surface area contributed by atoms with E-state index in [2.05, 4.69) is 15.3 Å². The fourth-order valence-electron chi connectivity index (χ4n) is 2.87. The molecule has 23 heavy (non-hydrogen) atoms. The highest BCUT2D eigenvalue weighted by Gasteiger charge is 2.18. The Balaban J connectivity index is 1.48. The van der Waals surface area contributed by atoms with Crippen LogP contribution in [0.1, 0.15) is 42.9 Å². The Bertz CT molecular complexity index is 640. The minimum atomic E-state index is -0.296. The van der Waals surface area contributed by atoms with Crippen molar-refractivity contribution in [3.63, 3.8) is 0 Å². The number of ether oxygens (including phenoxy) is 1. The minimum absolute atomic E-state index is 0.105. The van der Waals surface area contributed by atoms with Crippen LogP contribution in [0.15, 0.2) is 42.7 Å². The molecule has 1 heterocycles. The normalized spacial score (nSPS) is 14.6. The number of carbonyl (C=O) groups excluding carboxylic acids is 1. The van der Waals surface area contributed by atoms with Crippen molar-refractivity contribution < 1.29 is 9.53 Å². The lowest BCUT2D eigenvalue weighted by Crippen LogP contribution is -2.17. The number of hydrogen-bond acceptors (Lipinski definition) is 5. The summed E-state index contributed by atoms with van der Waals surface area (Å²) in [6.45, 7) is 0.395. The molecule has 120 valence electrons. The van der Waals surface area contributed by atoms with Crippen molar-refractivity contribution in [1.82, 2.24) is 9.97 Å². The van der Waals surface area contributed by atoms with Gasteiger partial charge in [-0.15, -0.1) is 0 Å². The van der Waals surface area contributed by atoms with Gasteiger partial charge in [-0.25, -0.2) is 9.97 Å². The van der Waals surface area contributed by atoms with Crippen molar-refractivity contribution in [3.8, 4) is 0 Å². The summed E-state index contributed by atoms with van der Waals surface area (Å²) in [5, 5.41) is 3.02. The second-order valence-electron chi connectivity index (χ2n) is 5.81. The molecule has 0 saturated heterocycles. The molecular formula is C18H21N3O2. The van der Waals surface area contributed by atoms with Gasteiger partial charge < -0.3 is 10.1 Å². The van der Waals surface area contributed by atoms with Crippen molar-refractivity contribution in [2.75, 3.05) is 11.9 Å². The van der Waals surface area contributed by atoms with E-state index in [1.54, 1.807) is 6.33 Å². The SMILES string of the molecule is O=C(CNc1cc(C2CCCC2)ncn1)OCc1ccccc1. The van der Waals surface area contributed by atoms with E-state index in [4.69, 9.17) is 4.74 Å². The number of aromatic nitrogens is 2. The fraction of sp³-hybridized carbons (Fsp3) is 0.389. The average Bonchev–Trinajstić information content (AvgIpc) is 3.14. The van der Waals surface area contributed by atoms with Crippen molar-refractivity contribution in [3.05, 3.63) is 54.0 Å². The van der Waals surface area contributed by atoms with Crippen LogP contribution >= 0.6 is 0 Å². The van der Waals surface area contributed by atoms with Gasteiger partial charge in [0.2, 0.25) is 0 Å². The topological polar surface area (TPSA) is 64.1 Å². The smallest absolute Gasteiger partial charge is 0.325 e. The lowest BCUT2D eigenvalue weighted by molar-refractivity contribution is -0.142. The van der Waals surface area contributed by atoms with Crippen LogP contribution in [0.5, 0.6) is 0 Å². The summed E-state index contributed by atoms with van der Waals surface area (Å²) < 4.78 is 5.24. The number of carbonyl (C=O) groups is 1. The Morgan fingerprint density at radius 1 is 1.17 bits per heavy atom. The van der Waals surface area contributed by atoms with Gasteiger partial charge in [-0.1, -0.05) is 43.2 Å². The van der Waals surface area contributed by atoms with Gasteiger partial charge in [0.25, 0.3) is 0 Å². The standard InChI is InChI=1S/C18H21N3O2/c22-18(23-12-14-6-2-1-3-7-14)11-19-17-10-16(20-13-21-17)15-8-4-5-9-15/h1-3,6-7,10,13,15H,4-5,8-9,11-12H2,(H,19,20,21). The molecule has 3 rings (SSSR count). The maximum absolute atomic E-state index is 11.8. The molecule has 0 atom stereocenters. The van der Waals surface area contributed by atoms with Crippen LogP contribution in [0, 0.1) is 0 Å². The second kappa shape index (κ2) is 7.72. The molecule has 1 aliphatic carbocycles. The van der Waals surface area contributed by atoms with Crippen LogP contribution in [0.4, 0.5) is 5.82 Å². The Morgan fingerprint density at radius 3 is 2.74 bits per heavy atom. The maximum atomic E-state index is 11.8.